The molecule has 0 unspecified atom stereocenters. The van der Waals surface area contributed by atoms with Crippen LogP contribution in [0.1, 0.15) is 0 Å². The van der Waals surface area contributed by atoms with Crippen molar-refractivity contribution in [3.63, 3.8) is 0 Å². The average Bonchev–Trinajstić information content (AvgIpc) is 2.39. The van der Waals surface area contributed by atoms with Gasteiger partial charge >= 0.3 is 0 Å². The van der Waals surface area contributed by atoms with Gasteiger partial charge in [-0.15, -0.1) is 0 Å². The molecule has 6 heteroatoms. The SMILES string of the molecule is NC(=S)Nc1ccc(-c2ccc(NC(N)=S)cc2)cc1. The van der Waals surface area contributed by atoms with Gasteiger partial charge in [-0.25, -0.2) is 0 Å². The quantitative estimate of drug-likeness (QED) is 0.653. The van der Waals surface area contributed by atoms with Gasteiger partial charge in [0.1, 0.15) is 0 Å². The highest BCUT2D eigenvalue weighted by atomic mass is 32.1. The van der Waals surface area contributed by atoms with Gasteiger partial charge in [-0.2, -0.15) is 0 Å². The van der Waals surface area contributed by atoms with E-state index in [1.54, 1.807) is 0 Å². The molecule has 0 bridgehead atoms. The largest absolute Gasteiger partial charge is 0.376 e. The molecule has 0 spiro atoms. The molecule has 0 aromatic heterocycles. The van der Waals surface area contributed by atoms with Crippen LogP contribution in [0.3, 0.4) is 0 Å². The summed E-state index contributed by atoms with van der Waals surface area (Å²) in [7, 11) is 0. The summed E-state index contributed by atoms with van der Waals surface area (Å²) < 4.78 is 0. The lowest BCUT2D eigenvalue weighted by molar-refractivity contribution is 1.57. The van der Waals surface area contributed by atoms with Gasteiger partial charge in [0.2, 0.25) is 0 Å². The number of anilines is 2. The van der Waals surface area contributed by atoms with Crippen LogP contribution in [0.25, 0.3) is 11.1 Å². The molecule has 0 fully saturated rings. The average molecular weight is 302 g/mol. The first-order chi connectivity index (χ1) is 9.54. The third-order valence-electron chi connectivity index (χ3n) is 2.64. The molecule has 0 saturated carbocycles. The Bertz CT molecular complexity index is 563. The summed E-state index contributed by atoms with van der Waals surface area (Å²) in [4.78, 5) is 0. The van der Waals surface area contributed by atoms with Crippen LogP contribution in [-0.4, -0.2) is 10.2 Å². The van der Waals surface area contributed by atoms with E-state index in [1.807, 2.05) is 48.5 Å². The van der Waals surface area contributed by atoms with Crippen LogP contribution in [0, 0.1) is 0 Å². The second-order valence-electron chi connectivity index (χ2n) is 4.13. The van der Waals surface area contributed by atoms with E-state index in [-0.39, 0.29) is 10.2 Å². The molecule has 2 rings (SSSR count). The molecule has 2 aromatic carbocycles. The fourth-order valence-electron chi connectivity index (χ4n) is 1.78. The van der Waals surface area contributed by atoms with Crippen LogP contribution in [0.4, 0.5) is 11.4 Å². The van der Waals surface area contributed by atoms with E-state index in [4.69, 9.17) is 35.9 Å². The van der Waals surface area contributed by atoms with Crippen molar-refractivity contribution in [3.05, 3.63) is 48.5 Å². The number of nitrogens with two attached hydrogens (primary N) is 2. The predicted molar refractivity (Wildman–Crippen MR) is 92.7 cm³/mol. The summed E-state index contributed by atoms with van der Waals surface area (Å²) in [5.74, 6) is 0. The minimum atomic E-state index is 0.255. The molecule has 0 saturated heterocycles. The van der Waals surface area contributed by atoms with Gasteiger partial charge in [0, 0.05) is 11.4 Å². The van der Waals surface area contributed by atoms with Gasteiger partial charge in [-0.05, 0) is 59.8 Å². The zero-order valence-corrected chi connectivity index (χ0v) is 12.2. The van der Waals surface area contributed by atoms with Gasteiger partial charge in [0.25, 0.3) is 0 Å². The molecular formula is C14H14N4S2. The molecule has 0 aliphatic carbocycles. The minimum Gasteiger partial charge on any atom is -0.376 e. The lowest BCUT2D eigenvalue weighted by Crippen LogP contribution is -2.18. The Balaban J connectivity index is 2.15. The van der Waals surface area contributed by atoms with Crippen LogP contribution in [0.5, 0.6) is 0 Å². The lowest BCUT2D eigenvalue weighted by atomic mass is 10.1. The van der Waals surface area contributed by atoms with E-state index < -0.39 is 0 Å². The van der Waals surface area contributed by atoms with Crippen molar-refractivity contribution in [1.29, 1.82) is 0 Å². The van der Waals surface area contributed by atoms with E-state index in [1.165, 1.54) is 0 Å². The Kier molecular flexibility index (Phi) is 4.49. The normalized spacial score (nSPS) is 9.80. The highest BCUT2D eigenvalue weighted by Gasteiger charge is 2.00. The van der Waals surface area contributed by atoms with Crippen LogP contribution in [-0.2, 0) is 0 Å². The second-order valence-corrected chi connectivity index (χ2v) is 5.01. The first-order valence-electron chi connectivity index (χ1n) is 5.88. The molecule has 4 nitrogen and oxygen atoms in total. The van der Waals surface area contributed by atoms with Crippen molar-refractivity contribution in [3.8, 4) is 11.1 Å². The molecule has 6 N–H and O–H groups in total. The van der Waals surface area contributed by atoms with Crippen molar-refractivity contribution in [2.45, 2.75) is 0 Å². The highest BCUT2D eigenvalue weighted by Crippen LogP contribution is 2.23. The van der Waals surface area contributed by atoms with Gasteiger partial charge in [-0.1, -0.05) is 24.3 Å². The number of rotatable bonds is 3. The minimum absolute atomic E-state index is 0.255. The van der Waals surface area contributed by atoms with E-state index in [0.29, 0.717) is 0 Å². The van der Waals surface area contributed by atoms with Crippen molar-refractivity contribution in [2.75, 3.05) is 10.6 Å². The second kappa shape index (κ2) is 6.31. The van der Waals surface area contributed by atoms with Gasteiger partial charge in [0.05, 0.1) is 0 Å². The number of hydrogen-bond acceptors (Lipinski definition) is 2. The summed E-state index contributed by atoms with van der Waals surface area (Å²) in [6.45, 7) is 0. The highest BCUT2D eigenvalue weighted by molar-refractivity contribution is 7.80. The molecule has 0 aliphatic heterocycles. The Labute approximate surface area is 128 Å². The van der Waals surface area contributed by atoms with Gasteiger partial charge in [0.15, 0.2) is 10.2 Å². The fourth-order valence-corrected chi connectivity index (χ4v) is 2.01. The number of benzene rings is 2. The molecule has 0 atom stereocenters. The van der Waals surface area contributed by atoms with Crippen molar-refractivity contribution >= 4 is 46.0 Å². The maximum absolute atomic E-state index is 5.42. The summed E-state index contributed by atoms with van der Waals surface area (Å²) in [6.07, 6.45) is 0. The van der Waals surface area contributed by atoms with Crippen LogP contribution in [0.2, 0.25) is 0 Å². The van der Waals surface area contributed by atoms with E-state index in [0.717, 1.165) is 22.5 Å². The summed E-state index contributed by atoms with van der Waals surface area (Å²) >= 11 is 9.58. The Hall–Kier alpha value is -2.18. The van der Waals surface area contributed by atoms with Crippen LogP contribution < -0.4 is 22.1 Å². The molecule has 0 amide bonds. The summed E-state index contributed by atoms with van der Waals surface area (Å²) in [6, 6.07) is 15.7. The number of thiocarbonyl (C=S) groups is 2. The Morgan fingerprint density at radius 1 is 0.650 bits per heavy atom. The Morgan fingerprint density at radius 3 is 1.20 bits per heavy atom. The molecule has 2 aromatic rings. The molecule has 0 radical (unpaired) electrons. The molecule has 0 aliphatic rings. The summed E-state index contributed by atoms with van der Waals surface area (Å²) in [5, 5.41) is 6.28. The smallest absolute Gasteiger partial charge is 0.168 e. The van der Waals surface area contributed by atoms with E-state index in [9.17, 15) is 0 Å². The monoisotopic (exact) mass is 302 g/mol. The van der Waals surface area contributed by atoms with Crippen LogP contribution in [0.15, 0.2) is 48.5 Å². The maximum Gasteiger partial charge on any atom is 0.168 e. The standard InChI is InChI=1S/C14H14N4S2/c15-13(19)17-11-5-1-9(2-6-11)10-3-7-12(8-4-10)18-14(16)20/h1-8H,(H3,15,17,19)(H3,16,18,20). The Morgan fingerprint density at radius 2 is 0.950 bits per heavy atom. The summed E-state index contributed by atoms with van der Waals surface area (Å²) in [5.41, 5.74) is 14.8. The molecule has 20 heavy (non-hydrogen) atoms. The molecular weight excluding hydrogens is 288 g/mol. The lowest BCUT2D eigenvalue weighted by Gasteiger charge is -2.07. The van der Waals surface area contributed by atoms with Crippen molar-refractivity contribution in [2.24, 2.45) is 11.5 Å². The number of hydrogen-bond donors (Lipinski definition) is 4. The predicted octanol–water partition coefficient (Wildman–Crippen LogP) is 2.66. The first-order valence-corrected chi connectivity index (χ1v) is 6.69. The third-order valence-corrected chi connectivity index (χ3v) is 2.84. The first kappa shape index (κ1) is 14.2. The fraction of sp³-hybridized carbons (Fsp3) is 0. The zero-order valence-electron chi connectivity index (χ0n) is 10.6. The van der Waals surface area contributed by atoms with E-state index >= 15 is 0 Å². The van der Waals surface area contributed by atoms with Crippen LogP contribution >= 0.6 is 24.4 Å². The zero-order chi connectivity index (χ0) is 14.5. The maximum atomic E-state index is 5.42. The topological polar surface area (TPSA) is 76.1 Å². The molecule has 0 heterocycles. The van der Waals surface area contributed by atoms with Crippen molar-refractivity contribution in [1.82, 2.24) is 0 Å². The van der Waals surface area contributed by atoms with Crippen molar-refractivity contribution < 1.29 is 0 Å². The van der Waals surface area contributed by atoms with Gasteiger partial charge in [-0.3, -0.25) is 0 Å². The van der Waals surface area contributed by atoms with Gasteiger partial charge < -0.3 is 22.1 Å². The molecule has 102 valence electrons. The van der Waals surface area contributed by atoms with E-state index in [2.05, 4.69) is 10.6 Å². The number of nitrogens with one attached hydrogen (secondary N) is 2. The third kappa shape index (κ3) is 3.91.